The van der Waals surface area contributed by atoms with Gasteiger partial charge in [0.15, 0.2) is 5.78 Å². The van der Waals surface area contributed by atoms with E-state index in [1.807, 2.05) is 0 Å². The lowest BCUT2D eigenvalue weighted by molar-refractivity contribution is 0.0904. The zero-order valence-electron chi connectivity index (χ0n) is 7.14. The maximum atomic E-state index is 11.0. The fourth-order valence-electron chi connectivity index (χ4n) is 0.959. The number of hydrogen-bond acceptors (Lipinski definition) is 4. The van der Waals surface area contributed by atoms with E-state index < -0.39 is 23.3 Å². The number of benzene rings is 1. The summed E-state index contributed by atoms with van der Waals surface area (Å²) < 4.78 is 22.8. The van der Waals surface area contributed by atoms with Crippen LogP contribution in [0, 0.1) is 0 Å². The Kier molecular flexibility index (Phi) is 3.61. The van der Waals surface area contributed by atoms with Crippen molar-refractivity contribution in [1.82, 2.24) is 0 Å². The number of hydrogen-bond donors (Lipinski definition) is 3. The van der Waals surface area contributed by atoms with Crippen molar-refractivity contribution in [2.75, 3.05) is 11.3 Å². The second kappa shape index (κ2) is 4.73. The predicted octanol–water partition coefficient (Wildman–Crippen LogP) is -0.200. The van der Waals surface area contributed by atoms with Crippen LogP contribution in [0.25, 0.3) is 0 Å². The molecular formula is C8H9NO4S. The number of anilines is 1. The molecule has 1 aromatic carbocycles. The fourth-order valence-corrected chi connectivity index (χ4v) is 1.31. The molecule has 5 nitrogen and oxygen atoms in total. The van der Waals surface area contributed by atoms with Crippen LogP contribution in [0.1, 0.15) is 10.4 Å². The smallest absolute Gasteiger partial charge is 0.222 e. The number of ketones is 1. The van der Waals surface area contributed by atoms with Crippen LogP contribution < -0.4 is 4.72 Å². The largest absolute Gasteiger partial charge is 0.388 e. The minimum absolute atomic E-state index is 0.273. The molecule has 0 atom stereocenters. The van der Waals surface area contributed by atoms with Crippen molar-refractivity contribution in [2.24, 2.45) is 0 Å². The molecule has 0 fully saturated rings. The first-order valence-corrected chi connectivity index (χ1v) is 4.96. The van der Waals surface area contributed by atoms with E-state index in [-0.39, 0.29) is 5.56 Å². The molecule has 0 spiro atoms. The molecule has 0 bridgehead atoms. The van der Waals surface area contributed by atoms with Crippen LogP contribution in [0.15, 0.2) is 24.3 Å². The summed E-state index contributed by atoms with van der Waals surface area (Å²) in [6.45, 7) is -0.590. The summed E-state index contributed by atoms with van der Waals surface area (Å²) in [5.41, 5.74) is 0.578. The Morgan fingerprint density at radius 1 is 1.43 bits per heavy atom. The van der Waals surface area contributed by atoms with Crippen LogP contribution in [0.4, 0.5) is 5.69 Å². The molecule has 0 aromatic heterocycles. The van der Waals surface area contributed by atoms with Gasteiger partial charge in [-0.2, -0.15) is 0 Å². The summed E-state index contributed by atoms with van der Waals surface area (Å²) in [6.07, 6.45) is 0. The van der Waals surface area contributed by atoms with Gasteiger partial charge < -0.3 is 5.11 Å². The summed E-state index contributed by atoms with van der Waals surface area (Å²) in [5.74, 6) is -0.449. The van der Waals surface area contributed by atoms with Crippen molar-refractivity contribution in [3.63, 3.8) is 0 Å². The van der Waals surface area contributed by atoms with Crippen molar-refractivity contribution in [2.45, 2.75) is 0 Å². The van der Waals surface area contributed by atoms with E-state index in [4.69, 9.17) is 5.11 Å². The van der Waals surface area contributed by atoms with Crippen LogP contribution >= 0.6 is 0 Å². The van der Waals surface area contributed by atoms with Gasteiger partial charge in [-0.15, -0.1) is 0 Å². The summed E-state index contributed by atoms with van der Waals surface area (Å²) in [6, 6.07) is 5.91. The third-order valence-corrected chi connectivity index (χ3v) is 1.99. The molecule has 0 amide bonds. The van der Waals surface area contributed by atoms with Gasteiger partial charge in [-0.3, -0.25) is 9.52 Å². The summed E-state index contributed by atoms with van der Waals surface area (Å²) in [5, 5.41) is 8.57. The number of aliphatic hydroxyl groups excluding tert-OH is 1. The zero-order valence-corrected chi connectivity index (χ0v) is 8.03. The van der Waals surface area contributed by atoms with Crippen LogP contribution in [0.2, 0.25) is 0 Å². The lowest BCUT2D eigenvalue weighted by Crippen LogP contribution is -2.05. The van der Waals surface area contributed by atoms with Crippen LogP contribution in [-0.2, 0) is 10.9 Å². The number of thiol groups is 1. The second-order valence-electron chi connectivity index (χ2n) is 2.53. The fraction of sp³-hybridized carbons (Fsp3) is 0.125. The normalized spacial score (nSPS) is 10.1. The van der Waals surface area contributed by atoms with Gasteiger partial charge in [0.25, 0.3) is 0 Å². The van der Waals surface area contributed by atoms with Crippen molar-refractivity contribution in [1.29, 1.82) is 0 Å². The second-order valence-corrected chi connectivity index (χ2v) is 3.27. The van der Waals surface area contributed by atoms with Crippen LogP contribution in [0.3, 0.4) is 0 Å². The van der Waals surface area contributed by atoms with E-state index in [2.05, 4.69) is 4.72 Å². The number of carbonyl (C=O) groups excluding carboxylic acids is 1. The van der Waals surface area contributed by atoms with Gasteiger partial charge in [-0.1, -0.05) is 12.1 Å². The highest BCUT2D eigenvalue weighted by Gasteiger charge is 2.04. The van der Waals surface area contributed by atoms with Gasteiger partial charge in [0, 0.05) is 11.3 Å². The molecule has 1 aromatic rings. The Morgan fingerprint density at radius 3 is 2.71 bits per heavy atom. The first-order chi connectivity index (χ1) is 6.63. The van der Waals surface area contributed by atoms with Gasteiger partial charge >= 0.3 is 0 Å². The SMILES string of the molecule is O=C(CO)c1cccc(N[SH](=O)=O)c1. The molecule has 0 heterocycles. The van der Waals surface area contributed by atoms with Gasteiger partial charge in [0.1, 0.15) is 6.61 Å². The van der Waals surface area contributed by atoms with Gasteiger partial charge in [-0.25, -0.2) is 8.42 Å². The monoisotopic (exact) mass is 215 g/mol. The number of rotatable bonds is 4. The first-order valence-electron chi connectivity index (χ1n) is 3.78. The molecule has 0 aliphatic heterocycles. The molecular weight excluding hydrogens is 206 g/mol. The van der Waals surface area contributed by atoms with E-state index in [9.17, 15) is 13.2 Å². The summed E-state index contributed by atoms with van der Waals surface area (Å²) in [4.78, 5) is 11.0. The number of aliphatic hydroxyl groups is 1. The van der Waals surface area contributed by atoms with Crippen LogP contribution in [0.5, 0.6) is 0 Å². The standard InChI is InChI=1S/C8H9NO4S/c10-5-8(11)6-2-1-3-7(4-6)9-14(12)13/h1-4,10,14H,5H2,(H,9,12,13). The molecule has 2 N–H and O–H groups in total. The summed E-state index contributed by atoms with van der Waals surface area (Å²) >= 11 is 0. The van der Waals surface area contributed by atoms with Crippen molar-refractivity contribution >= 4 is 22.4 Å². The molecule has 0 saturated heterocycles. The number of carbonyl (C=O) groups is 1. The lowest BCUT2D eigenvalue weighted by Gasteiger charge is -2.01. The van der Waals surface area contributed by atoms with Gasteiger partial charge in [0.05, 0.1) is 0 Å². The third-order valence-electron chi connectivity index (χ3n) is 1.55. The molecule has 1 rings (SSSR count). The van der Waals surface area contributed by atoms with E-state index in [1.54, 1.807) is 0 Å². The highest BCUT2D eigenvalue weighted by atomic mass is 32.2. The van der Waals surface area contributed by atoms with E-state index in [1.165, 1.54) is 24.3 Å². The molecule has 0 saturated carbocycles. The minimum Gasteiger partial charge on any atom is -0.388 e. The van der Waals surface area contributed by atoms with Gasteiger partial charge in [-0.05, 0) is 12.1 Å². The third kappa shape index (κ3) is 2.82. The Hall–Kier alpha value is -1.40. The van der Waals surface area contributed by atoms with E-state index in [0.717, 1.165) is 0 Å². The van der Waals surface area contributed by atoms with E-state index >= 15 is 0 Å². The lowest BCUT2D eigenvalue weighted by atomic mass is 10.1. The van der Waals surface area contributed by atoms with Crippen molar-refractivity contribution in [3.05, 3.63) is 29.8 Å². The molecule has 0 aliphatic carbocycles. The van der Waals surface area contributed by atoms with Crippen molar-refractivity contribution in [3.8, 4) is 0 Å². The van der Waals surface area contributed by atoms with Gasteiger partial charge in [0.2, 0.25) is 10.9 Å². The topological polar surface area (TPSA) is 83.5 Å². The van der Waals surface area contributed by atoms with Crippen LogP contribution in [-0.4, -0.2) is 25.9 Å². The Labute approximate surface area is 82.5 Å². The van der Waals surface area contributed by atoms with Crippen molar-refractivity contribution < 1.29 is 18.3 Å². The number of Topliss-reactive ketones (excluding diaryl/α,β-unsaturated/α-hetero) is 1. The molecule has 0 radical (unpaired) electrons. The zero-order chi connectivity index (χ0) is 10.6. The average molecular weight is 215 g/mol. The predicted molar refractivity (Wildman–Crippen MR) is 51.8 cm³/mol. The minimum atomic E-state index is -2.74. The molecule has 0 aliphatic rings. The first kappa shape index (κ1) is 10.7. The highest BCUT2D eigenvalue weighted by Crippen LogP contribution is 2.10. The Morgan fingerprint density at radius 2 is 2.14 bits per heavy atom. The van der Waals surface area contributed by atoms with E-state index in [0.29, 0.717) is 5.69 Å². The maximum Gasteiger partial charge on any atom is 0.222 e. The highest BCUT2D eigenvalue weighted by molar-refractivity contribution is 7.73. The Balaban J connectivity index is 2.94. The number of nitrogens with one attached hydrogen (secondary N) is 1. The Bertz CT molecular complexity index is 406. The molecule has 14 heavy (non-hydrogen) atoms. The quantitative estimate of drug-likeness (QED) is 0.480. The maximum absolute atomic E-state index is 11.0. The average Bonchev–Trinajstić information content (AvgIpc) is 2.16. The molecule has 0 unspecified atom stereocenters. The summed E-state index contributed by atoms with van der Waals surface area (Å²) in [7, 11) is -2.74. The molecule has 6 heteroatoms. The molecule has 76 valence electrons.